The van der Waals surface area contributed by atoms with E-state index in [1.165, 1.54) is 7.11 Å². The van der Waals surface area contributed by atoms with Crippen LogP contribution in [0.4, 0.5) is 0 Å². The molecule has 17 heavy (non-hydrogen) atoms. The lowest BCUT2D eigenvalue weighted by Crippen LogP contribution is -2.43. The van der Waals surface area contributed by atoms with Crippen LogP contribution >= 0.6 is 11.6 Å². The summed E-state index contributed by atoms with van der Waals surface area (Å²) < 4.78 is 4.84. The first-order valence-electron chi connectivity index (χ1n) is 5.62. The number of carbonyl (C=O) groups excluding carboxylic acids is 1. The number of carbonyl (C=O) groups is 1. The molecule has 1 aliphatic carbocycles. The molecule has 0 amide bonds. The molecule has 0 saturated heterocycles. The van der Waals surface area contributed by atoms with Gasteiger partial charge in [-0.15, -0.1) is 0 Å². The lowest BCUT2D eigenvalue weighted by Gasteiger charge is -2.35. The summed E-state index contributed by atoms with van der Waals surface area (Å²) in [6.07, 6.45) is 2.35. The average molecular weight is 255 g/mol. The summed E-state index contributed by atoms with van der Waals surface area (Å²) in [4.78, 5) is 12.0. The summed E-state index contributed by atoms with van der Waals surface area (Å²) in [7, 11) is 1.35. The van der Waals surface area contributed by atoms with Crippen molar-refractivity contribution in [3.8, 4) is 0 Å². The Kier molecular flexibility index (Phi) is 3.40. The van der Waals surface area contributed by atoms with Crippen LogP contribution in [0.15, 0.2) is 18.2 Å². The standard InChI is InChI=1S/C13H15ClO3/c1-17-12(16)13(8-15)6-2-3-9-7-10(14)4-5-11(9)13/h4-5,7,15H,2-3,6,8H2,1H3/t13-/m0/s1. The normalized spacial score (nSPS) is 23.0. The molecule has 2 rings (SSSR count). The highest BCUT2D eigenvalue weighted by Crippen LogP contribution is 2.39. The van der Waals surface area contributed by atoms with Crippen LogP contribution in [-0.4, -0.2) is 24.8 Å². The van der Waals surface area contributed by atoms with Gasteiger partial charge in [0.15, 0.2) is 0 Å². The molecular formula is C13H15ClO3. The van der Waals surface area contributed by atoms with Crippen molar-refractivity contribution in [3.63, 3.8) is 0 Å². The van der Waals surface area contributed by atoms with Crippen molar-refractivity contribution in [3.05, 3.63) is 34.3 Å². The molecule has 0 spiro atoms. The van der Waals surface area contributed by atoms with Gasteiger partial charge in [-0.25, -0.2) is 0 Å². The maximum Gasteiger partial charge on any atom is 0.318 e. The second-order valence-electron chi connectivity index (χ2n) is 4.39. The maximum absolute atomic E-state index is 12.0. The second kappa shape index (κ2) is 4.67. The number of halogens is 1. The number of hydrogen-bond donors (Lipinski definition) is 1. The molecule has 0 radical (unpaired) electrons. The number of rotatable bonds is 2. The second-order valence-corrected chi connectivity index (χ2v) is 4.82. The third-order valence-corrected chi connectivity index (χ3v) is 3.71. The van der Waals surface area contributed by atoms with E-state index in [2.05, 4.69) is 0 Å². The van der Waals surface area contributed by atoms with E-state index in [0.717, 1.165) is 24.0 Å². The van der Waals surface area contributed by atoms with Crippen LogP contribution in [0.5, 0.6) is 0 Å². The number of ether oxygens (including phenoxy) is 1. The van der Waals surface area contributed by atoms with Gasteiger partial charge in [0.25, 0.3) is 0 Å². The molecule has 0 aromatic heterocycles. The van der Waals surface area contributed by atoms with Gasteiger partial charge in [-0.2, -0.15) is 0 Å². The average Bonchev–Trinajstić information content (AvgIpc) is 2.36. The fourth-order valence-corrected chi connectivity index (χ4v) is 2.78. The fourth-order valence-electron chi connectivity index (χ4n) is 2.59. The van der Waals surface area contributed by atoms with E-state index >= 15 is 0 Å². The van der Waals surface area contributed by atoms with E-state index in [-0.39, 0.29) is 12.6 Å². The van der Waals surface area contributed by atoms with E-state index in [0.29, 0.717) is 11.4 Å². The van der Waals surface area contributed by atoms with Crippen LogP contribution < -0.4 is 0 Å². The molecule has 0 saturated carbocycles. The summed E-state index contributed by atoms with van der Waals surface area (Å²) in [6.45, 7) is -0.228. The van der Waals surface area contributed by atoms with E-state index in [1.54, 1.807) is 6.07 Å². The molecule has 0 unspecified atom stereocenters. The smallest absolute Gasteiger partial charge is 0.318 e. The molecule has 1 aliphatic rings. The largest absolute Gasteiger partial charge is 0.468 e. The Balaban J connectivity index is 2.55. The number of esters is 1. The fraction of sp³-hybridized carbons (Fsp3) is 0.462. The lowest BCUT2D eigenvalue weighted by molar-refractivity contribution is -0.150. The third kappa shape index (κ3) is 1.94. The van der Waals surface area contributed by atoms with Crippen molar-refractivity contribution in [2.24, 2.45) is 0 Å². The molecule has 0 fully saturated rings. The Bertz CT molecular complexity index is 444. The van der Waals surface area contributed by atoms with Gasteiger partial charge in [0.1, 0.15) is 5.41 Å². The molecule has 1 aromatic rings. The van der Waals surface area contributed by atoms with E-state index in [9.17, 15) is 9.90 Å². The lowest BCUT2D eigenvalue weighted by atomic mass is 9.70. The van der Waals surface area contributed by atoms with Crippen LogP contribution in [-0.2, 0) is 21.4 Å². The van der Waals surface area contributed by atoms with Crippen molar-refractivity contribution in [1.29, 1.82) is 0 Å². The number of methoxy groups -OCH3 is 1. The first kappa shape index (κ1) is 12.4. The highest BCUT2D eigenvalue weighted by Gasteiger charge is 2.44. The quantitative estimate of drug-likeness (QED) is 0.822. The van der Waals surface area contributed by atoms with Crippen LogP contribution in [0.3, 0.4) is 0 Å². The molecule has 4 heteroatoms. The van der Waals surface area contributed by atoms with Crippen LogP contribution in [0.2, 0.25) is 5.02 Å². The maximum atomic E-state index is 12.0. The van der Waals surface area contributed by atoms with E-state index in [4.69, 9.17) is 16.3 Å². The number of benzene rings is 1. The molecular weight excluding hydrogens is 240 g/mol. The van der Waals surface area contributed by atoms with Gasteiger partial charge < -0.3 is 9.84 Å². The topological polar surface area (TPSA) is 46.5 Å². The zero-order valence-corrected chi connectivity index (χ0v) is 10.5. The predicted molar refractivity (Wildman–Crippen MR) is 65.2 cm³/mol. The number of aryl methyl sites for hydroxylation is 1. The van der Waals surface area contributed by atoms with Crippen molar-refractivity contribution >= 4 is 17.6 Å². The van der Waals surface area contributed by atoms with Gasteiger partial charge in [-0.1, -0.05) is 17.7 Å². The Morgan fingerprint density at radius 2 is 2.35 bits per heavy atom. The van der Waals surface area contributed by atoms with Crippen LogP contribution in [0.25, 0.3) is 0 Å². The molecule has 0 bridgehead atoms. The molecule has 92 valence electrons. The minimum Gasteiger partial charge on any atom is -0.468 e. The van der Waals surface area contributed by atoms with Gasteiger partial charge in [0, 0.05) is 5.02 Å². The van der Waals surface area contributed by atoms with Crippen molar-refractivity contribution in [2.75, 3.05) is 13.7 Å². The highest BCUT2D eigenvalue weighted by molar-refractivity contribution is 6.30. The first-order chi connectivity index (χ1) is 8.14. The zero-order valence-electron chi connectivity index (χ0n) is 9.70. The minimum absolute atomic E-state index is 0.228. The Hall–Kier alpha value is -1.06. The summed E-state index contributed by atoms with van der Waals surface area (Å²) in [5.41, 5.74) is 0.970. The Morgan fingerprint density at radius 3 is 3.00 bits per heavy atom. The van der Waals surface area contributed by atoms with Gasteiger partial charge in [0.05, 0.1) is 13.7 Å². The molecule has 0 heterocycles. The number of fused-ring (bicyclic) bond motifs is 1. The molecule has 1 N–H and O–H groups in total. The van der Waals surface area contributed by atoms with E-state index < -0.39 is 5.41 Å². The van der Waals surface area contributed by atoms with Crippen LogP contribution in [0, 0.1) is 0 Å². The number of hydrogen-bond acceptors (Lipinski definition) is 3. The number of aliphatic hydroxyl groups excluding tert-OH is 1. The predicted octanol–water partition coefficient (Wildman–Crippen LogP) is 2.08. The van der Waals surface area contributed by atoms with Gasteiger partial charge in [-0.05, 0) is 42.5 Å². The van der Waals surface area contributed by atoms with E-state index in [1.807, 2.05) is 12.1 Å². The van der Waals surface area contributed by atoms with Crippen molar-refractivity contribution < 1.29 is 14.6 Å². The monoisotopic (exact) mass is 254 g/mol. The third-order valence-electron chi connectivity index (χ3n) is 3.48. The molecule has 0 aliphatic heterocycles. The minimum atomic E-state index is -0.910. The van der Waals surface area contributed by atoms with Gasteiger partial charge >= 0.3 is 5.97 Å². The SMILES string of the molecule is COC(=O)[C@]1(CO)CCCc2cc(Cl)ccc21. The first-order valence-corrected chi connectivity index (χ1v) is 6.00. The Labute approximate surface area is 105 Å². The summed E-state index contributed by atoms with van der Waals surface area (Å²) in [5, 5.41) is 10.3. The molecule has 3 nitrogen and oxygen atoms in total. The van der Waals surface area contributed by atoms with Crippen molar-refractivity contribution in [1.82, 2.24) is 0 Å². The van der Waals surface area contributed by atoms with Gasteiger partial charge in [-0.3, -0.25) is 4.79 Å². The highest BCUT2D eigenvalue weighted by atomic mass is 35.5. The summed E-state index contributed by atoms with van der Waals surface area (Å²) in [6, 6.07) is 5.44. The Morgan fingerprint density at radius 1 is 1.59 bits per heavy atom. The molecule has 1 atom stereocenters. The van der Waals surface area contributed by atoms with Crippen molar-refractivity contribution in [2.45, 2.75) is 24.7 Å². The molecule has 1 aromatic carbocycles. The zero-order chi connectivity index (χ0) is 12.5. The van der Waals surface area contributed by atoms with Gasteiger partial charge in [0.2, 0.25) is 0 Å². The van der Waals surface area contributed by atoms with Crippen LogP contribution in [0.1, 0.15) is 24.0 Å². The number of aliphatic hydroxyl groups is 1. The summed E-state index contributed by atoms with van der Waals surface area (Å²) >= 11 is 5.95. The summed E-state index contributed by atoms with van der Waals surface area (Å²) in [5.74, 6) is -0.372.